The highest BCUT2D eigenvalue weighted by molar-refractivity contribution is 7.14. The summed E-state index contributed by atoms with van der Waals surface area (Å²) in [6, 6.07) is 2.46. The summed E-state index contributed by atoms with van der Waals surface area (Å²) in [4.78, 5) is 13.3. The number of hydrogen-bond acceptors (Lipinski definition) is 4. The molecule has 1 atom stereocenters. The fourth-order valence-corrected chi connectivity index (χ4v) is 2.72. The first kappa shape index (κ1) is 9.68. The number of fused-ring (bicyclic) bond motifs is 1. The van der Waals surface area contributed by atoms with Crippen molar-refractivity contribution in [3.05, 3.63) is 21.4 Å². The molecule has 0 amide bonds. The van der Waals surface area contributed by atoms with Crippen LogP contribution in [-0.2, 0) is 17.7 Å². The Labute approximate surface area is 87.1 Å². The largest absolute Gasteiger partial charge is 0.465 e. The zero-order valence-corrected chi connectivity index (χ0v) is 9.11. The number of nitrogens with one attached hydrogen (secondary N) is 1. The van der Waals surface area contributed by atoms with Crippen molar-refractivity contribution < 1.29 is 9.53 Å². The highest BCUT2D eigenvalue weighted by Crippen LogP contribution is 2.27. The van der Waals surface area contributed by atoms with Gasteiger partial charge >= 0.3 is 5.97 Å². The molecule has 2 rings (SSSR count). The first-order valence-electron chi connectivity index (χ1n) is 4.64. The third-order valence-electron chi connectivity index (χ3n) is 2.42. The third kappa shape index (κ3) is 1.67. The fraction of sp³-hybridized carbons (Fsp3) is 0.500. The second-order valence-corrected chi connectivity index (χ2v) is 4.67. The van der Waals surface area contributed by atoms with Crippen LogP contribution in [0.2, 0.25) is 0 Å². The maximum Gasteiger partial charge on any atom is 0.348 e. The van der Waals surface area contributed by atoms with Gasteiger partial charge in [-0.05, 0) is 25.0 Å². The van der Waals surface area contributed by atoms with Crippen LogP contribution in [0.5, 0.6) is 0 Å². The van der Waals surface area contributed by atoms with Crippen LogP contribution in [0.1, 0.15) is 27.0 Å². The number of thiophene rings is 1. The molecule has 0 saturated carbocycles. The van der Waals surface area contributed by atoms with Gasteiger partial charge < -0.3 is 10.1 Å². The SMILES string of the molecule is COC(=O)c1cc2c(s1)CNC(C)C2. The Hall–Kier alpha value is -0.870. The standard InChI is InChI=1S/C10H13NO2S/c1-6-3-7-4-8(10(12)13-2)14-9(7)5-11-6/h4,6,11H,3,5H2,1-2H3. The van der Waals surface area contributed by atoms with Crippen molar-refractivity contribution in [3.8, 4) is 0 Å². The molecule has 3 nitrogen and oxygen atoms in total. The van der Waals surface area contributed by atoms with E-state index in [1.54, 1.807) is 0 Å². The van der Waals surface area contributed by atoms with Gasteiger partial charge in [-0.3, -0.25) is 0 Å². The molecule has 1 unspecified atom stereocenters. The van der Waals surface area contributed by atoms with E-state index in [9.17, 15) is 4.79 Å². The Morgan fingerprint density at radius 3 is 3.21 bits per heavy atom. The average molecular weight is 211 g/mol. The number of hydrogen-bond donors (Lipinski definition) is 1. The van der Waals surface area contributed by atoms with Crippen LogP contribution >= 0.6 is 11.3 Å². The summed E-state index contributed by atoms with van der Waals surface area (Å²) in [5, 5.41) is 3.37. The molecule has 0 bridgehead atoms. The smallest absolute Gasteiger partial charge is 0.348 e. The minimum absolute atomic E-state index is 0.225. The van der Waals surface area contributed by atoms with Gasteiger partial charge in [-0.1, -0.05) is 0 Å². The van der Waals surface area contributed by atoms with Gasteiger partial charge in [-0.15, -0.1) is 11.3 Å². The van der Waals surface area contributed by atoms with E-state index in [-0.39, 0.29) is 5.97 Å². The molecule has 0 aromatic carbocycles. The Kier molecular flexibility index (Phi) is 2.56. The van der Waals surface area contributed by atoms with Crippen molar-refractivity contribution in [3.63, 3.8) is 0 Å². The molecule has 4 heteroatoms. The average Bonchev–Trinajstić information content (AvgIpc) is 2.59. The summed E-state index contributed by atoms with van der Waals surface area (Å²) in [5.74, 6) is -0.225. The van der Waals surface area contributed by atoms with Gasteiger partial charge in [0.25, 0.3) is 0 Å². The van der Waals surface area contributed by atoms with Crippen LogP contribution in [0, 0.1) is 0 Å². The highest BCUT2D eigenvalue weighted by Gasteiger charge is 2.20. The number of ether oxygens (including phenoxy) is 1. The van der Waals surface area contributed by atoms with Crippen LogP contribution < -0.4 is 5.32 Å². The lowest BCUT2D eigenvalue weighted by atomic mass is 10.0. The normalized spacial score (nSPS) is 20.3. The lowest BCUT2D eigenvalue weighted by Gasteiger charge is -2.19. The molecular weight excluding hydrogens is 198 g/mol. The minimum atomic E-state index is -0.225. The first-order valence-corrected chi connectivity index (χ1v) is 5.45. The van der Waals surface area contributed by atoms with Gasteiger partial charge in [-0.25, -0.2) is 4.79 Å². The summed E-state index contributed by atoms with van der Waals surface area (Å²) in [5.41, 5.74) is 1.29. The van der Waals surface area contributed by atoms with Gasteiger partial charge in [0.05, 0.1) is 7.11 Å². The summed E-state index contributed by atoms with van der Waals surface area (Å²) in [6.45, 7) is 3.02. The van der Waals surface area contributed by atoms with E-state index < -0.39 is 0 Å². The third-order valence-corrected chi connectivity index (χ3v) is 3.58. The van der Waals surface area contributed by atoms with E-state index in [2.05, 4.69) is 12.2 Å². The molecule has 0 radical (unpaired) electrons. The van der Waals surface area contributed by atoms with E-state index in [0.717, 1.165) is 13.0 Å². The topological polar surface area (TPSA) is 38.3 Å². The second kappa shape index (κ2) is 3.71. The summed E-state index contributed by atoms with van der Waals surface area (Å²) in [6.07, 6.45) is 1.00. The van der Waals surface area contributed by atoms with E-state index in [1.165, 1.54) is 28.9 Å². The summed E-state index contributed by atoms with van der Waals surface area (Å²) >= 11 is 1.53. The molecule has 2 heterocycles. The Morgan fingerprint density at radius 2 is 2.50 bits per heavy atom. The predicted molar refractivity (Wildman–Crippen MR) is 55.7 cm³/mol. The van der Waals surface area contributed by atoms with Gasteiger partial charge in [0.1, 0.15) is 4.88 Å². The molecule has 0 aliphatic carbocycles. The second-order valence-electron chi connectivity index (χ2n) is 3.54. The number of esters is 1. The Morgan fingerprint density at radius 1 is 1.71 bits per heavy atom. The number of carbonyl (C=O) groups excluding carboxylic acids is 1. The number of rotatable bonds is 1. The molecule has 1 aromatic rings. The summed E-state index contributed by atoms with van der Waals surface area (Å²) in [7, 11) is 1.42. The minimum Gasteiger partial charge on any atom is -0.465 e. The number of methoxy groups -OCH3 is 1. The van der Waals surface area contributed by atoms with Crippen molar-refractivity contribution in [2.45, 2.75) is 25.9 Å². The highest BCUT2D eigenvalue weighted by atomic mass is 32.1. The van der Waals surface area contributed by atoms with E-state index in [0.29, 0.717) is 10.9 Å². The molecular formula is C10H13NO2S. The summed E-state index contributed by atoms with van der Waals surface area (Å²) < 4.78 is 4.69. The Bertz CT molecular complexity index is 359. The van der Waals surface area contributed by atoms with E-state index >= 15 is 0 Å². The van der Waals surface area contributed by atoms with Gasteiger partial charge in [0, 0.05) is 17.5 Å². The van der Waals surface area contributed by atoms with Gasteiger partial charge in [-0.2, -0.15) is 0 Å². The van der Waals surface area contributed by atoms with Gasteiger partial charge in [0.2, 0.25) is 0 Å². The van der Waals surface area contributed by atoms with Crippen molar-refractivity contribution in [2.24, 2.45) is 0 Å². The lowest BCUT2D eigenvalue weighted by molar-refractivity contribution is 0.0606. The molecule has 76 valence electrons. The van der Waals surface area contributed by atoms with E-state index in [4.69, 9.17) is 4.74 Å². The van der Waals surface area contributed by atoms with Crippen LogP contribution in [0.3, 0.4) is 0 Å². The van der Waals surface area contributed by atoms with E-state index in [1.807, 2.05) is 6.07 Å². The predicted octanol–water partition coefficient (Wildman–Crippen LogP) is 1.57. The maximum atomic E-state index is 11.3. The van der Waals surface area contributed by atoms with Crippen LogP contribution in [0.15, 0.2) is 6.07 Å². The fourth-order valence-electron chi connectivity index (χ4n) is 1.66. The van der Waals surface area contributed by atoms with Crippen LogP contribution in [-0.4, -0.2) is 19.1 Å². The van der Waals surface area contributed by atoms with Crippen LogP contribution in [0.25, 0.3) is 0 Å². The quantitative estimate of drug-likeness (QED) is 0.717. The lowest BCUT2D eigenvalue weighted by Crippen LogP contribution is -2.31. The molecule has 1 aromatic heterocycles. The molecule has 1 aliphatic rings. The van der Waals surface area contributed by atoms with Crippen molar-refractivity contribution in [2.75, 3.05) is 7.11 Å². The maximum absolute atomic E-state index is 11.3. The molecule has 0 saturated heterocycles. The van der Waals surface area contributed by atoms with Crippen LogP contribution in [0.4, 0.5) is 0 Å². The van der Waals surface area contributed by atoms with Gasteiger partial charge in [0.15, 0.2) is 0 Å². The van der Waals surface area contributed by atoms with Crippen molar-refractivity contribution in [1.82, 2.24) is 5.32 Å². The first-order chi connectivity index (χ1) is 6.70. The molecule has 14 heavy (non-hydrogen) atoms. The zero-order chi connectivity index (χ0) is 10.1. The molecule has 0 fully saturated rings. The molecule has 0 spiro atoms. The van der Waals surface area contributed by atoms with Crippen molar-refractivity contribution >= 4 is 17.3 Å². The Balaban J connectivity index is 2.27. The van der Waals surface area contributed by atoms with Crippen molar-refractivity contribution in [1.29, 1.82) is 0 Å². The number of carbonyl (C=O) groups is 1. The molecule has 1 aliphatic heterocycles. The molecule has 1 N–H and O–H groups in total. The zero-order valence-electron chi connectivity index (χ0n) is 8.29. The monoisotopic (exact) mass is 211 g/mol.